The number of halogens is 1. The molecule has 34 heavy (non-hydrogen) atoms. The van der Waals surface area contributed by atoms with E-state index in [-0.39, 0.29) is 22.8 Å². The van der Waals surface area contributed by atoms with Crippen LogP contribution in [0, 0.1) is 11.3 Å². The third kappa shape index (κ3) is 4.05. The van der Waals surface area contributed by atoms with Crippen LogP contribution in [0.3, 0.4) is 0 Å². The Labute approximate surface area is 210 Å². The molecule has 3 fully saturated rings. The van der Waals surface area contributed by atoms with E-state index in [2.05, 4.69) is 26.7 Å². The summed E-state index contributed by atoms with van der Waals surface area (Å²) < 4.78 is 1.62. The topological polar surface area (TPSA) is 106 Å². The molecule has 8 nitrogen and oxygen atoms in total. The molecule has 2 aliphatic heterocycles. The molecule has 0 radical (unpaired) electrons. The maximum absolute atomic E-state index is 13.4. The van der Waals surface area contributed by atoms with Gasteiger partial charge in [-0.05, 0) is 55.9 Å². The van der Waals surface area contributed by atoms with Crippen LogP contribution in [0.4, 0.5) is 17.6 Å². The van der Waals surface area contributed by atoms with Crippen molar-refractivity contribution in [3.63, 3.8) is 0 Å². The number of rotatable bonds is 4. The first kappa shape index (κ1) is 23.8. The van der Waals surface area contributed by atoms with Crippen LogP contribution < -0.4 is 26.8 Å². The summed E-state index contributed by atoms with van der Waals surface area (Å²) in [6.45, 7) is 5.82. The monoisotopic (exact) mass is 503 g/mol. The predicted molar refractivity (Wildman–Crippen MR) is 139 cm³/mol. The lowest BCUT2D eigenvalue weighted by molar-refractivity contribution is 0.185. The second-order valence-electron chi connectivity index (χ2n) is 10.1. The number of aromatic nitrogens is 3. The molecule has 1 aliphatic carbocycles. The molecule has 2 saturated heterocycles. The SMILES string of the molecule is C[C@@H]1CCC2(CCN(c3nc(N)c(Sc4ccnc(N5CCCC5)c4Cl)c(=O)n3C)CC2)[C@@H]1N. The highest BCUT2D eigenvalue weighted by Gasteiger charge is 2.46. The van der Waals surface area contributed by atoms with Crippen molar-refractivity contribution in [3.05, 3.63) is 27.6 Å². The number of piperidine rings is 1. The Morgan fingerprint density at radius 2 is 1.85 bits per heavy atom. The molecule has 4 N–H and O–H groups in total. The van der Waals surface area contributed by atoms with Gasteiger partial charge in [0.2, 0.25) is 5.95 Å². The Bertz CT molecular complexity index is 1130. The van der Waals surface area contributed by atoms with Crippen molar-refractivity contribution in [1.82, 2.24) is 14.5 Å². The van der Waals surface area contributed by atoms with Gasteiger partial charge in [-0.2, -0.15) is 4.98 Å². The number of anilines is 3. The van der Waals surface area contributed by atoms with Crippen molar-refractivity contribution in [2.45, 2.75) is 61.3 Å². The molecule has 2 aromatic rings. The smallest absolute Gasteiger partial charge is 0.270 e. The Kier molecular flexibility index (Phi) is 6.46. The number of nitrogens with zero attached hydrogens (tertiary/aromatic N) is 5. The number of nitrogen functional groups attached to an aromatic ring is 1. The van der Waals surface area contributed by atoms with Gasteiger partial charge in [0.25, 0.3) is 5.56 Å². The zero-order valence-electron chi connectivity index (χ0n) is 20.0. The van der Waals surface area contributed by atoms with E-state index in [4.69, 9.17) is 23.1 Å². The van der Waals surface area contributed by atoms with Crippen LogP contribution in [0.2, 0.25) is 5.02 Å². The van der Waals surface area contributed by atoms with Crippen LogP contribution >= 0.6 is 23.4 Å². The molecule has 1 spiro atoms. The summed E-state index contributed by atoms with van der Waals surface area (Å²) in [6, 6.07) is 2.08. The molecule has 184 valence electrons. The van der Waals surface area contributed by atoms with E-state index < -0.39 is 0 Å². The van der Waals surface area contributed by atoms with Crippen molar-refractivity contribution >= 4 is 40.9 Å². The molecule has 0 aromatic carbocycles. The molecule has 0 unspecified atom stereocenters. The summed E-state index contributed by atoms with van der Waals surface area (Å²) in [4.78, 5) is 28.0. The number of hydrogen-bond acceptors (Lipinski definition) is 8. The Hall–Kier alpha value is -1.97. The van der Waals surface area contributed by atoms with Gasteiger partial charge in [-0.15, -0.1) is 0 Å². The quantitative estimate of drug-likeness (QED) is 0.652. The Morgan fingerprint density at radius 3 is 2.50 bits per heavy atom. The van der Waals surface area contributed by atoms with Crippen molar-refractivity contribution in [3.8, 4) is 0 Å². The van der Waals surface area contributed by atoms with Gasteiger partial charge < -0.3 is 21.3 Å². The average Bonchev–Trinajstić information content (AvgIpc) is 3.46. The first-order valence-electron chi connectivity index (χ1n) is 12.2. The summed E-state index contributed by atoms with van der Waals surface area (Å²) >= 11 is 7.98. The van der Waals surface area contributed by atoms with Gasteiger partial charge in [0.15, 0.2) is 0 Å². The van der Waals surface area contributed by atoms with Gasteiger partial charge in [-0.1, -0.05) is 30.3 Å². The fourth-order valence-electron chi connectivity index (χ4n) is 5.92. The van der Waals surface area contributed by atoms with Gasteiger partial charge in [-0.25, -0.2) is 4.98 Å². The van der Waals surface area contributed by atoms with Gasteiger partial charge in [-0.3, -0.25) is 9.36 Å². The molecule has 2 aromatic heterocycles. The Balaban J connectivity index is 1.37. The minimum absolute atomic E-state index is 0.158. The largest absolute Gasteiger partial charge is 0.382 e. The van der Waals surface area contributed by atoms with Crippen LogP contribution in [0.5, 0.6) is 0 Å². The molecule has 0 amide bonds. The lowest BCUT2D eigenvalue weighted by Crippen LogP contribution is -2.49. The summed E-state index contributed by atoms with van der Waals surface area (Å²) in [6.07, 6.45) is 8.46. The molecule has 10 heteroatoms. The van der Waals surface area contributed by atoms with E-state index in [1.54, 1.807) is 17.8 Å². The minimum Gasteiger partial charge on any atom is -0.382 e. The molecule has 5 rings (SSSR count). The summed E-state index contributed by atoms with van der Waals surface area (Å²) in [5, 5.41) is 0.559. The predicted octanol–water partition coefficient (Wildman–Crippen LogP) is 3.51. The second-order valence-corrected chi connectivity index (χ2v) is 11.6. The van der Waals surface area contributed by atoms with Crippen molar-refractivity contribution in [2.24, 2.45) is 24.1 Å². The molecular weight excluding hydrogens is 470 g/mol. The van der Waals surface area contributed by atoms with Gasteiger partial charge in [0.1, 0.15) is 16.5 Å². The number of nitrogens with two attached hydrogens (primary N) is 2. The summed E-state index contributed by atoms with van der Waals surface area (Å²) in [7, 11) is 1.77. The van der Waals surface area contributed by atoms with Crippen LogP contribution in [-0.4, -0.2) is 46.8 Å². The minimum atomic E-state index is -0.158. The van der Waals surface area contributed by atoms with E-state index in [1.165, 1.54) is 24.6 Å². The van der Waals surface area contributed by atoms with E-state index in [9.17, 15) is 4.79 Å². The number of hydrogen-bond donors (Lipinski definition) is 2. The molecule has 4 heterocycles. The number of pyridine rings is 1. The standard InChI is InChI=1S/C24H34ClN7OS/c1-15-5-7-24(19(15)26)8-13-32(14-9-24)23-29-20(27)18(22(33)30(23)2)34-16-6-10-28-21(17(16)25)31-11-3-4-12-31/h6,10,15,19H,3-5,7-9,11-14,26-27H2,1-2H3/t15-,19-/m1/s1. The molecular formula is C24H34ClN7OS. The normalized spacial score (nSPS) is 24.4. The van der Waals surface area contributed by atoms with Crippen molar-refractivity contribution in [2.75, 3.05) is 41.7 Å². The third-order valence-electron chi connectivity index (χ3n) is 8.16. The van der Waals surface area contributed by atoms with Gasteiger partial charge in [0.05, 0.1) is 5.02 Å². The van der Waals surface area contributed by atoms with Crippen LogP contribution in [0.1, 0.15) is 45.4 Å². The molecule has 3 aliphatic rings. The average molecular weight is 504 g/mol. The lowest BCUT2D eigenvalue weighted by Gasteiger charge is -2.43. The van der Waals surface area contributed by atoms with Crippen molar-refractivity contribution in [1.29, 1.82) is 0 Å². The molecule has 1 saturated carbocycles. The zero-order valence-corrected chi connectivity index (χ0v) is 21.5. The van der Waals surface area contributed by atoms with E-state index in [0.29, 0.717) is 21.8 Å². The highest BCUT2D eigenvalue weighted by atomic mass is 35.5. The van der Waals surface area contributed by atoms with Crippen LogP contribution in [0.25, 0.3) is 0 Å². The van der Waals surface area contributed by atoms with Crippen LogP contribution in [0.15, 0.2) is 26.8 Å². The summed E-state index contributed by atoms with van der Waals surface area (Å²) in [5.41, 5.74) is 13.0. The van der Waals surface area contributed by atoms with Crippen LogP contribution in [-0.2, 0) is 7.05 Å². The van der Waals surface area contributed by atoms with Gasteiger partial charge in [0, 0.05) is 50.4 Å². The van der Waals surface area contributed by atoms with E-state index in [0.717, 1.165) is 62.6 Å². The highest BCUT2D eigenvalue weighted by molar-refractivity contribution is 7.99. The fourth-order valence-corrected chi connectivity index (χ4v) is 7.17. The third-order valence-corrected chi connectivity index (χ3v) is 9.80. The fraction of sp³-hybridized carbons (Fsp3) is 0.625. The summed E-state index contributed by atoms with van der Waals surface area (Å²) in [5.74, 6) is 2.21. The zero-order chi connectivity index (χ0) is 24.0. The lowest BCUT2D eigenvalue weighted by atomic mass is 9.73. The first-order valence-corrected chi connectivity index (χ1v) is 13.4. The van der Waals surface area contributed by atoms with Gasteiger partial charge >= 0.3 is 0 Å². The maximum atomic E-state index is 13.4. The first-order chi connectivity index (χ1) is 16.3. The highest BCUT2D eigenvalue weighted by Crippen LogP contribution is 2.48. The maximum Gasteiger partial charge on any atom is 0.270 e. The second kappa shape index (κ2) is 9.24. The van der Waals surface area contributed by atoms with Crippen molar-refractivity contribution < 1.29 is 0 Å². The van der Waals surface area contributed by atoms with E-state index in [1.807, 2.05) is 6.07 Å². The molecule has 2 atom stereocenters. The molecule has 0 bridgehead atoms. The Morgan fingerprint density at radius 1 is 1.15 bits per heavy atom. The van der Waals surface area contributed by atoms with E-state index >= 15 is 0 Å².